The number of methoxy groups -OCH3 is 2. The van der Waals surface area contributed by atoms with Gasteiger partial charge in [0.15, 0.2) is 0 Å². The molecule has 0 aromatic carbocycles. The molecule has 0 unspecified atom stereocenters. The predicted octanol–water partition coefficient (Wildman–Crippen LogP) is 1.06. The maximum Gasteiger partial charge on any atom is 0.319 e. The number of aromatic nitrogens is 2. The van der Waals surface area contributed by atoms with Crippen molar-refractivity contribution in [3.05, 3.63) is 11.8 Å². The molecule has 0 bridgehead atoms. The number of rotatable bonds is 3. The monoisotopic (exact) mass is 168 g/mol. The van der Waals surface area contributed by atoms with Crippen molar-refractivity contribution in [3.63, 3.8) is 0 Å². The van der Waals surface area contributed by atoms with Gasteiger partial charge in [0.25, 0.3) is 0 Å². The van der Waals surface area contributed by atoms with Gasteiger partial charge >= 0.3 is 6.01 Å². The summed E-state index contributed by atoms with van der Waals surface area (Å²) >= 11 is 0. The minimum atomic E-state index is 0.353. The van der Waals surface area contributed by atoms with Crippen LogP contribution in [-0.2, 0) is 6.42 Å². The third kappa shape index (κ3) is 1.84. The zero-order valence-corrected chi connectivity index (χ0v) is 7.50. The van der Waals surface area contributed by atoms with E-state index in [0.717, 1.165) is 12.1 Å². The molecule has 1 aromatic heterocycles. The minimum Gasteiger partial charge on any atom is -0.481 e. The lowest BCUT2D eigenvalue weighted by atomic mass is 10.3. The van der Waals surface area contributed by atoms with Gasteiger partial charge in [0, 0.05) is 6.07 Å². The first kappa shape index (κ1) is 8.77. The van der Waals surface area contributed by atoms with Crippen molar-refractivity contribution >= 4 is 0 Å². The minimum absolute atomic E-state index is 0.353. The van der Waals surface area contributed by atoms with Crippen LogP contribution < -0.4 is 9.47 Å². The molecule has 0 aliphatic rings. The van der Waals surface area contributed by atoms with Crippen LogP contribution in [-0.4, -0.2) is 24.2 Å². The normalized spacial score (nSPS) is 9.58. The molecule has 0 aliphatic carbocycles. The Bertz CT molecular complexity index is 208. The predicted molar refractivity (Wildman–Crippen MR) is 44.5 cm³/mol. The molecule has 12 heavy (non-hydrogen) atoms. The molecule has 0 N–H and O–H groups in total. The van der Waals surface area contributed by atoms with Gasteiger partial charge in [0.1, 0.15) is 0 Å². The molecule has 0 atom stereocenters. The first-order valence-corrected chi connectivity index (χ1v) is 3.76. The largest absolute Gasteiger partial charge is 0.481 e. The highest BCUT2D eigenvalue weighted by Crippen LogP contribution is 2.13. The molecular weight excluding hydrogens is 156 g/mol. The average Bonchev–Trinajstić information content (AvgIpc) is 2.16. The summed E-state index contributed by atoms with van der Waals surface area (Å²) in [5, 5.41) is 0. The smallest absolute Gasteiger partial charge is 0.319 e. The molecule has 66 valence electrons. The van der Waals surface area contributed by atoms with Crippen LogP contribution in [0.3, 0.4) is 0 Å². The van der Waals surface area contributed by atoms with Gasteiger partial charge in [-0.05, 0) is 6.42 Å². The van der Waals surface area contributed by atoms with E-state index in [-0.39, 0.29) is 0 Å². The van der Waals surface area contributed by atoms with Crippen molar-refractivity contribution in [3.8, 4) is 11.9 Å². The molecule has 1 heterocycles. The lowest BCUT2D eigenvalue weighted by Crippen LogP contribution is -1.98. The van der Waals surface area contributed by atoms with Crippen LogP contribution in [0.4, 0.5) is 0 Å². The van der Waals surface area contributed by atoms with Crippen molar-refractivity contribution in [1.82, 2.24) is 9.97 Å². The Morgan fingerprint density at radius 1 is 1.25 bits per heavy atom. The molecule has 4 heteroatoms. The summed E-state index contributed by atoms with van der Waals surface area (Å²) in [5.74, 6) is 0.540. The highest BCUT2D eigenvalue weighted by Gasteiger charge is 2.02. The first-order chi connectivity index (χ1) is 5.80. The summed E-state index contributed by atoms with van der Waals surface area (Å²) in [6.45, 7) is 2.02. The van der Waals surface area contributed by atoms with Gasteiger partial charge in [-0.1, -0.05) is 6.92 Å². The van der Waals surface area contributed by atoms with Crippen molar-refractivity contribution in [2.24, 2.45) is 0 Å². The summed E-state index contributed by atoms with van der Waals surface area (Å²) in [6.07, 6.45) is 0.842. The number of nitrogens with zero attached hydrogens (tertiary/aromatic N) is 2. The SMILES string of the molecule is CCc1cc(OC)nc(OC)n1. The van der Waals surface area contributed by atoms with Crippen LogP contribution in [0.2, 0.25) is 0 Å². The van der Waals surface area contributed by atoms with Gasteiger partial charge < -0.3 is 9.47 Å². The summed E-state index contributed by atoms with van der Waals surface area (Å²) in [4.78, 5) is 8.07. The fourth-order valence-electron chi connectivity index (χ4n) is 0.826. The standard InChI is InChI=1S/C8H12N2O2/c1-4-6-5-7(11-2)10-8(9-6)12-3/h5H,4H2,1-3H3. The van der Waals surface area contributed by atoms with E-state index in [1.165, 1.54) is 7.11 Å². The number of hydrogen-bond donors (Lipinski definition) is 0. The van der Waals surface area contributed by atoms with Crippen LogP contribution in [0.1, 0.15) is 12.6 Å². The molecule has 0 spiro atoms. The van der Waals surface area contributed by atoms with E-state index in [9.17, 15) is 0 Å². The highest BCUT2D eigenvalue weighted by atomic mass is 16.5. The second kappa shape index (κ2) is 3.90. The van der Waals surface area contributed by atoms with Crippen molar-refractivity contribution in [2.75, 3.05) is 14.2 Å². The van der Waals surface area contributed by atoms with E-state index >= 15 is 0 Å². The fraction of sp³-hybridized carbons (Fsp3) is 0.500. The summed E-state index contributed by atoms with van der Waals surface area (Å²) < 4.78 is 9.86. The van der Waals surface area contributed by atoms with Gasteiger partial charge in [-0.2, -0.15) is 4.98 Å². The molecule has 0 saturated carbocycles. The molecule has 1 aromatic rings. The van der Waals surface area contributed by atoms with Gasteiger partial charge in [-0.25, -0.2) is 4.98 Å². The fourth-order valence-corrected chi connectivity index (χ4v) is 0.826. The van der Waals surface area contributed by atoms with Crippen molar-refractivity contribution in [1.29, 1.82) is 0 Å². The molecule has 4 nitrogen and oxygen atoms in total. The zero-order valence-electron chi connectivity index (χ0n) is 7.50. The van der Waals surface area contributed by atoms with Crippen LogP contribution in [0, 0.1) is 0 Å². The average molecular weight is 168 g/mol. The second-order valence-corrected chi connectivity index (χ2v) is 2.24. The Labute approximate surface area is 71.6 Å². The quantitative estimate of drug-likeness (QED) is 0.676. The molecular formula is C8H12N2O2. The Morgan fingerprint density at radius 3 is 2.50 bits per heavy atom. The third-order valence-electron chi connectivity index (χ3n) is 1.49. The van der Waals surface area contributed by atoms with E-state index in [1.54, 1.807) is 13.2 Å². The lowest BCUT2D eigenvalue weighted by Gasteiger charge is -2.03. The molecule has 1 rings (SSSR count). The lowest BCUT2D eigenvalue weighted by molar-refractivity contribution is 0.350. The van der Waals surface area contributed by atoms with Gasteiger partial charge in [-0.15, -0.1) is 0 Å². The third-order valence-corrected chi connectivity index (χ3v) is 1.49. The van der Waals surface area contributed by atoms with Crippen LogP contribution in [0.25, 0.3) is 0 Å². The van der Waals surface area contributed by atoms with E-state index in [1.807, 2.05) is 6.92 Å². The van der Waals surface area contributed by atoms with Gasteiger partial charge in [0.05, 0.1) is 19.9 Å². The molecule has 0 radical (unpaired) electrons. The Morgan fingerprint density at radius 2 is 2.00 bits per heavy atom. The van der Waals surface area contributed by atoms with Crippen molar-refractivity contribution < 1.29 is 9.47 Å². The van der Waals surface area contributed by atoms with Crippen LogP contribution in [0.15, 0.2) is 6.07 Å². The Kier molecular flexibility index (Phi) is 2.85. The first-order valence-electron chi connectivity index (χ1n) is 3.76. The summed E-state index contributed by atoms with van der Waals surface area (Å²) in [5.41, 5.74) is 0.915. The number of ether oxygens (including phenoxy) is 2. The molecule has 0 amide bonds. The summed E-state index contributed by atoms with van der Waals surface area (Å²) in [7, 11) is 3.11. The highest BCUT2D eigenvalue weighted by molar-refractivity contribution is 5.18. The Balaban J connectivity index is 3.01. The van der Waals surface area contributed by atoms with Gasteiger partial charge in [-0.3, -0.25) is 0 Å². The topological polar surface area (TPSA) is 44.2 Å². The zero-order chi connectivity index (χ0) is 8.97. The molecule has 0 fully saturated rings. The number of hydrogen-bond acceptors (Lipinski definition) is 4. The number of aryl methyl sites for hydroxylation is 1. The van der Waals surface area contributed by atoms with Crippen LogP contribution in [0.5, 0.6) is 11.9 Å². The second-order valence-electron chi connectivity index (χ2n) is 2.24. The molecule has 0 aliphatic heterocycles. The maximum atomic E-state index is 4.97. The van der Waals surface area contributed by atoms with Crippen LogP contribution >= 0.6 is 0 Å². The maximum absolute atomic E-state index is 4.97. The van der Waals surface area contributed by atoms with E-state index in [0.29, 0.717) is 11.9 Å². The summed E-state index contributed by atoms with van der Waals surface area (Å²) in [6, 6.07) is 2.15. The van der Waals surface area contributed by atoms with E-state index < -0.39 is 0 Å². The van der Waals surface area contributed by atoms with E-state index in [2.05, 4.69) is 9.97 Å². The van der Waals surface area contributed by atoms with E-state index in [4.69, 9.17) is 9.47 Å². The Hall–Kier alpha value is -1.32. The van der Waals surface area contributed by atoms with Gasteiger partial charge in [0.2, 0.25) is 5.88 Å². The van der Waals surface area contributed by atoms with Crippen molar-refractivity contribution in [2.45, 2.75) is 13.3 Å². The molecule has 0 saturated heterocycles.